The third kappa shape index (κ3) is 7.70. The summed E-state index contributed by atoms with van der Waals surface area (Å²) in [6, 6.07) is 7.27. The minimum atomic E-state index is -0.859. The summed E-state index contributed by atoms with van der Waals surface area (Å²) in [4.78, 5) is 45.2. The van der Waals surface area contributed by atoms with E-state index in [1.54, 1.807) is 44.0 Å². The van der Waals surface area contributed by atoms with Crippen LogP contribution < -0.4 is 9.64 Å². The van der Waals surface area contributed by atoms with Gasteiger partial charge in [0.05, 0.1) is 23.4 Å². The first-order chi connectivity index (χ1) is 20.0. The highest BCUT2D eigenvalue weighted by molar-refractivity contribution is 5.96. The van der Waals surface area contributed by atoms with Crippen molar-refractivity contribution in [2.75, 3.05) is 18.0 Å². The summed E-state index contributed by atoms with van der Waals surface area (Å²) in [7, 11) is 0. The van der Waals surface area contributed by atoms with Crippen LogP contribution in [0.4, 0.5) is 26.8 Å². The van der Waals surface area contributed by atoms with Gasteiger partial charge in [-0.15, -0.1) is 0 Å². The van der Waals surface area contributed by atoms with Gasteiger partial charge in [-0.25, -0.2) is 14.5 Å². The number of aromatic nitrogens is 3. The lowest BCUT2D eigenvalue weighted by Gasteiger charge is -2.34. The van der Waals surface area contributed by atoms with E-state index in [4.69, 9.17) is 19.2 Å². The van der Waals surface area contributed by atoms with Crippen molar-refractivity contribution in [1.82, 2.24) is 19.5 Å². The molecule has 1 saturated heterocycles. The lowest BCUT2D eigenvalue weighted by molar-refractivity contribution is -0.384. The summed E-state index contributed by atoms with van der Waals surface area (Å²) < 4.78 is 19.2. The molecule has 232 valence electrons. The number of carbonyl (C=O) groups excluding carboxylic acids is 2. The smallest absolute Gasteiger partial charge is 0.420 e. The number of benzene rings is 1. The van der Waals surface area contributed by atoms with E-state index < -0.39 is 28.3 Å². The van der Waals surface area contributed by atoms with Crippen LogP contribution in [-0.4, -0.2) is 67.0 Å². The fraction of sp³-hybridized carbons (Fsp3) is 0.533. The van der Waals surface area contributed by atoms with Crippen molar-refractivity contribution in [3.8, 4) is 5.88 Å². The van der Waals surface area contributed by atoms with Gasteiger partial charge in [-0.3, -0.25) is 10.1 Å². The van der Waals surface area contributed by atoms with Crippen molar-refractivity contribution in [2.45, 2.75) is 91.5 Å². The molecule has 1 aliphatic heterocycles. The molecule has 4 rings (SSSR count). The lowest BCUT2D eigenvalue weighted by atomic mass is 10.1. The fourth-order valence-corrected chi connectivity index (χ4v) is 4.65. The van der Waals surface area contributed by atoms with Crippen molar-refractivity contribution in [3.63, 3.8) is 0 Å². The fourth-order valence-electron chi connectivity index (χ4n) is 4.65. The third-order valence-corrected chi connectivity index (χ3v) is 6.50. The minimum absolute atomic E-state index is 0.0400. The Labute approximate surface area is 250 Å². The second kappa shape index (κ2) is 12.1. The Morgan fingerprint density at radius 3 is 2.42 bits per heavy atom. The molecule has 3 aromatic rings. The highest BCUT2D eigenvalue weighted by Crippen LogP contribution is 2.34. The second-order valence-electron chi connectivity index (χ2n) is 12.8. The van der Waals surface area contributed by atoms with Gasteiger partial charge < -0.3 is 19.1 Å². The van der Waals surface area contributed by atoms with Gasteiger partial charge in [-0.1, -0.05) is 19.9 Å². The van der Waals surface area contributed by atoms with Crippen molar-refractivity contribution >= 4 is 35.0 Å². The van der Waals surface area contributed by atoms with Crippen LogP contribution in [0.1, 0.15) is 79.7 Å². The molecule has 0 saturated carbocycles. The molecule has 13 nitrogen and oxygen atoms in total. The van der Waals surface area contributed by atoms with E-state index in [0.29, 0.717) is 31.6 Å². The molecule has 2 amide bonds. The van der Waals surface area contributed by atoms with Crippen LogP contribution in [0.25, 0.3) is 5.65 Å². The number of nitro groups is 1. The molecule has 1 fully saturated rings. The summed E-state index contributed by atoms with van der Waals surface area (Å²) in [5, 5.41) is 16.1. The molecular weight excluding hydrogens is 556 g/mol. The third-order valence-electron chi connectivity index (χ3n) is 6.50. The number of likely N-dealkylation sites (tertiary alicyclic amines) is 1. The molecule has 1 atom stereocenters. The summed E-state index contributed by atoms with van der Waals surface area (Å²) in [5.41, 5.74) is -0.200. The van der Waals surface area contributed by atoms with Crippen LogP contribution in [0.5, 0.6) is 5.88 Å². The van der Waals surface area contributed by atoms with Gasteiger partial charge >= 0.3 is 12.2 Å². The van der Waals surface area contributed by atoms with Crippen LogP contribution >= 0.6 is 0 Å². The Morgan fingerprint density at radius 2 is 1.79 bits per heavy atom. The van der Waals surface area contributed by atoms with Gasteiger partial charge in [0, 0.05) is 30.3 Å². The summed E-state index contributed by atoms with van der Waals surface area (Å²) >= 11 is 0. The lowest BCUT2D eigenvalue weighted by Crippen LogP contribution is -2.46. The molecule has 0 radical (unpaired) electrons. The number of fused-ring (bicyclic) bond motifs is 1. The van der Waals surface area contributed by atoms with Gasteiger partial charge in [-0.2, -0.15) is 14.6 Å². The highest BCUT2D eigenvalue weighted by atomic mass is 16.6. The van der Waals surface area contributed by atoms with E-state index in [9.17, 15) is 19.7 Å². The molecule has 43 heavy (non-hydrogen) atoms. The number of hydrogen-bond donors (Lipinski definition) is 0. The topological polar surface area (TPSA) is 142 Å². The van der Waals surface area contributed by atoms with Crippen molar-refractivity contribution < 1.29 is 28.7 Å². The van der Waals surface area contributed by atoms with Gasteiger partial charge in [0.25, 0.3) is 5.69 Å². The average Bonchev–Trinajstić information content (AvgIpc) is 3.32. The van der Waals surface area contributed by atoms with Crippen molar-refractivity contribution in [2.24, 2.45) is 0 Å². The van der Waals surface area contributed by atoms with E-state index in [-0.39, 0.29) is 35.1 Å². The van der Waals surface area contributed by atoms with Crippen LogP contribution in [0, 0.1) is 10.1 Å². The quantitative estimate of drug-likeness (QED) is 0.227. The normalized spacial score (nSPS) is 15.8. The number of amides is 2. The highest BCUT2D eigenvalue weighted by Gasteiger charge is 2.32. The number of non-ortho nitro benzene ring substituents is 1. The van der Waals surface area contributed by atoms with Crippen LogP contribution in [0.15, 0.2) is 36.5 Å². The zero-order chi connectivity index (χ0) is 31.7. The monoisotopic (exact) mass is 596 g/mol. The van der Waals surface area contributed by atoms with Crippen LogP contribution in [0.2, 0.25) is 0 Å². The molecule has 1 aromatic carbocycles. The van der Waals surface area contributed by atoms with Gasteiger partial charge in [0.2, 0.25) is 5.88 Å². The Morgan fingerprint density at radius 1 is 1.09 bits per heavy atom. The molecule has 0 aliphatic carbocycles. The maximum absolute atomic E-state index is 13.7. The Bertz CT molecular complexity index is 1500. The molecule has 3 heterocycles. The van der Waals surface area contributed by atoms with E-state index in [1.165, 1.54) is 27.6 Å². The number of ether oxygens (including phenoxy) is 3. The van der Waals surface area contributed by atoms with Gasteiger partial charge in [0.15, 0.2) is 11.5 Å². The number of carbonyl (C=O) groups is 2. The number of anilines is 2. The first-order valence-corrected chi connectivity index (χ1v) is 14.3. The number of piperidine rings is 1. The maximum atomic E-state index is 13.7. The number of nitrogens with zero attached hydrogens (tertiary/aromatic N) is 6. The van der Waals surface area contributed by atoms with Crippen LogP contribution in [-0.2, 0) is 9.47 Å². The predicted molar refractivity (Wildman–Crippen MR) is 160 cm³/mol. The minimum Gasteiger partial charge on any atom is -0.472 e. The first-order valence-electron chi connectivity index (χ1n) is 14.3. The van der Waals surface area contributed by atoms with E-state index in [0.717, 1.165) is 5.56 Å². The molecular formula is C30H40N6O7. The number of rotatable bonds is 6. The Balaban J connectivity index is 1.80. The largest absolute Gasteiger partial charge is 0.472 e. The average molecular weight is 597 g/mol. The standard InChI is InChI=1S/C30H40N6O7/c1-19(2)23-17-31-35-25(34(28(38)43-30(6,7)8)20-11-9-12-21(15-20)36(39)40)16-24(32-26(23)35)41-22-13-10-14-33(18-22)27(37)42-29(3,4)5/h9,11-12,15-17,19,22H,10,13-14,18H2,1-8H3/t22-/m1/s1. The zero-order valence-electron chi connectivity index (χ0n) is 26.0. The zero-order valence-corrected chi connectivity index (χ0v) is 26.0. The second-order valence-corrected chi connectivity index (χ2v) is 12.8. The Hall–Kier alpha value is -4.42. The van der Waals surface area contributed by atoms with Crippen LogP contribution in [0.3, 0.4) is 0 Å². The van der Waals surface area contributed by atoms with E-state index in [1.807, 2.05) is 34.6 Å². The van der Waals surface area contributed by atoms with Gasteiger partial charge in [0.1, 0.15) is 17.3 Å². The Kier molecular flexibility index (Phi) is 8.84. The predicted octanol–water partition coefficient (Wildman–Crippen LogP) is 6.61. The molecule has 0 N–H and O–H groups in total. The van der Waals surface area contributed by atoms with Crippen molar-refractivity contribution in [1.29, 1.82) is 0 Å². The number of hydrogen-bond acceptors (Lipinski definition) is 9. The summed E-state index contributed by atoms with van der Waals surface area (Å²) in [6.07, 6.45) is 1.50. The molecule has 2 aromatic heterocycles. The summed E-state index contributed by atoms with van der Waals surface area (Å²) in [6.45, 7) is 15.5. The van der Waals surface area contributed by atoms with E-state index >= 15 is 0 Å². The summed E-state index contributed by atoms with van der Waals surface area (Å²) in [5.74, 6) is 0.472. The molecule has 0 unspecified atom stereocenters. The maximum Gasteiger partial charge on any atom is 0.420 e. The molecule has 13 heteroatoms. The first kappa shape index (κ1) is 31.5. The molecule has 0 bridgehead atoms. The number of nitro benzene ring substituents is 1. The van der Waals surface area contributed by atoms with Crippen molar-refractivity contribution in [3.05, 3.63) is 52.2 Å². The molecule has 0 spiro atoms. The SMILES string of the molecule is CC(C)c1cnn2c(N(C(=O)OC(C)(C)C)c3cccc([N+](=O)[O-])c3)cc(O[C@@H]3CCCN(C(=O)OC(C)(C)C)C3)nc12. The van der Waals surface area contributed by atoms with E-state index in [2.05, 4.69) is 5.10 Å². The van der Waals surface area contributed by atoms with Gasteiger partial charge in [-0.05, 0) is 66.4 Å². The molecule has 1 aliphatic rings.